The zero-order valence-electron chi connectivity index (χ0n) is 29.0. The van der Waals surface area contributed by atoms with E-state index in [1.54, 1.807) is 52.0 Å². The molecule has 8 N–H and O–H groups in total. The van der Waals surface area contributed by atoms with Gasteiger partial charge in [0.05, 0.1) is 0 Å². The highest BCUT2D eigenvalue weighted by Gasteiger charge is 2.28. The van der Waals surface area contributed by atoms with Crippen LogP contribution in [-0.2, 0) is 25.7 Å². The molecule has 4 aromatic rings. The van der Waals surface area contributed by atoms with Crippen LogP contribution in [0.25, 0.3) is 0 Å². The van der Waals surface area contributed by atoms with Crippen molar-refractivity contribution in [2.24, 2.45) is 0 Å². The minimum atomic E-state index is -0.301. The summed E-state index contributed by atoms with van der Waals surface area (Å²) in [4.78, 5) is 0. The Morgan fingerprint density at radius 1 is 0.333 bits per heavy atom. The molecule has 0 saturated carbocycles. The van der Waals surface area contributed by atoms with Crippen molar-refractivity contribution in [1.29, 1.82) is 0 Å². The fourth-order valence-electron chi connectivity index (χ4n) is 7.46. The van der Waals surface area contributed by atoms with E-state index < -0.39 is 0 Å². The summed E-state index contributed by atoms with van der Waals surface area (Å²) in [6.07, 6.45) is 1.30. The first kappa shape index (κ1) is 34.6. The molecule has 0 radical (unpaired) electrons. The zero-order chi connectivity index (χ0) is 35.5. The van der Waals surface area contributed by atoms with Crippen LogP contribution in [0.1, 0.15) is 118 Å². The number of aromatic hydroxyl groups is 8. The molecule has 8 bridgehead atoms. The van der Waals surface area contributed by atoms with Crippen LogP contribution in [0.15, 0.2) is 24.3 Å². The molecule has 8 nitrogen and oxygen atoms in total. The van der Waals surface area contributed by atoms with Crippen LogP contribution in [0, 0.1) is 27.7 Å². The van der Waals surface area contributed by atoms with E-state index in [-0.39, 0.29) is 69.7 Å². The number of phenolic OH excluding ortho intramolecular Hbond substituents is 8. The maximum Gasteiger partial charge on any atom is 0.125 e. The molecule has 0 aromatic heterocycles. The van der Waals surface area contributed by atoms with Gasteiger partial charge in [0.1, 0.15) is 46.0 Å². The molecule has 0 fully saturated rings. The number of fused-ring (bicyclic) bond motifs is 8. The van der Waals surface area contributed by atoms with E-state index in [0.29, 0.717) is 92.4 Å². The summed E-state index contributed by atoms with van der Waals surface area (Å²) in [5, 5.41) is 89.3. The van der Waals surface area contributed by atoms with Crippen molar-refractivity contribution in [3.63, 3.8) is 0 Å². The van der Waals surface area contributed by atoms with Crippen molar-refractivity contribution >= 4 is 0 Å². The van der Waals surface area contributed by atoms with Crippen LogP contribution < -0.4 is 0 Å². The maximum absolute atomic E-state index is 11.2. The predicted octanol–water partition coefficient (Wildman–Crippen LogP) is 8.26. The van der Waals surface area contributed by atoms with Crippen LogP contribution in [0.5, 0.6) is 46.0 Å². The van der Waals surface area contributed by atoms with Gasteiger partial charge in [0, 0.05) is 22.3 Å². The predicted molar refractivity (Wildman–Crippen MR) is 187 cm³/mol. The van der Waals surface area contributed by atoms with Crippen molar-refractivity contribution in [3.05, 3.63) is 91.0 Å². The first-order valence-corrected chi connectivity index (χ1v) is 16.6. The molecule has 0 spiro atoms. The Morgan fingerprint density at radius 3 is 0.729 bits per heavy atom. The molecule has 8 heteroatoms. The summed E-state index contributed by atoms with van der Waals surface area (Å²) in [6.45, 7) is 14.3. The normalized spacial score (nSPS) is 20.0. The standard InChI is InChI=1S/C40H48O8/c1-17-9-25-13-26(34(42)21(5)33(25)41)11-19(3)31-16-32(40(48)24(8)39(31)47)20(4)12-28-14-27(35(43)22(6)36(28)44)10-18(2)30-15-29(17)37(45)23(7)38(30)46/h13-20,41-48H,9-12H2,1-8H3. The molecule has 4 aromatic carbocycles. The van der Waals surface area contributed by atoms with E-state index in [1.807, 2.05) is 27.7 Å². The topological polar surface area (TPSA) is 162 Å². The lowest BCUT2D eigenvalue weighted by molar-refractivity contribution is 0.419. The van der Waals surface area contributed by atoms with E-state index in [2.05, 4.69) is 0 Å². The fraction of sp³-hybridized carbons (Fsp3) is 0.400. The van der Waals surface area contributed by atoms with Crippen molar-refractivity contribution in [3.8, 4) is 46.0 Å². The van der Waals surface area contributed by atoms with Gasteiger partial charge in [0.15, 0.2) is 0 Å². The Hall–Kier alpha value is -4.72. The molecule has 0 saturated heterocycles. The highest BCUT2D eigenvalue weighted by molar-refractivity contribution is 5.60. The molecule has 48 heavy (non-hydrogen) atoms. The Bertz CT molecular complexity index is 1660. The third kappa shape index (κ3) is 5.82. The first-order valence-electron chi connectivity index (χ1n) is 16.6. The summed E-state index contributed by atoms with van der Waals surface area (Å²) in [5.74, 6) is -1.46. The fourth-order valence-corrected chi connectivity index (χ4v) is 7.46. The molecule has 5 rings (SSSR count). The summed E-state index contributed by atoms with van der Waals surface area (Å²) in [5.41, 5.74) is 6.08. The minimum absolute atomic E-state index is 0.0319. The number of phenols is 8. The van der Waals surface area contributed by atoms with E-state index in [1.165, 1.54) is 0 Å². The van der Waals surface area contributed by atoms with Crippen molar-refractivity contribution in [1.82, 2.24) is 0 Å². The minimum Gasteiger partial charge on any atom is -0.507 e. The lowest BCUT2D eigenvalue weighted by Crippen LogP contribution is -2.09. The van der Waals surface area contributed by atoms with Gasteiger partial charge < -0.3 is 40.9 Å². The molecule has 0 aliphatic heterocycles. The molecule has 0 amide bonds. The third-order valence-electron chi connectivity index (χ3n) is 10.7. The van der Waals surface area contributed by atoms with Gasteiger partial charge in [-0.2, -0.15) is 0 Å². The highest BCUT2D eigenvalue weighted by Crippen LogP contribution is 2.47. The lowest BCUT2D eigenvalue weighted by atomic mass is 9.82. The van der Waals surface area contributed by atoms with Crippen molar-refractivity contribution in [2.75, 3.05) is 0 Å². The Labute approximate surface area is 282 Å². The highest BCUT2D eigenvalue weighted by atomic mass is 16.3. The molecular formula is C40H48O8. The summed E-state index contributed by atoms with van der Waals surface area (Å²) >= 11 is 0. The first-order chi connectivity index (χ1) is 22.4. The Balaban J connectivity index is 1.75. The zero-order valence-corrected chi connectivity index (χ0v) is 29.0. The molecule has 256 valence electrons. The van der Waals surface area contributed by atoms with Gasteiger partial charge in [-0.1, -0.05) is 27.7 Å². The Kier molecular flexibility index (Phi) is 9.17. The number of hydrogen-bond donors (Lipinski definition) is 8. The number of rotatable bonds is 0. The van der Waals surface area contributed by atoms with Crippen molar-refractivity contribution < 1.29 is 40.9 Å². The molecule has 1 aliphatic carbocycles. The van der Waals surface area contributed by atoms with Crippen LogP contribution in [0.3, 0.4) is 0 Å². The summed E-state index contributed by atoms with van der Waals surface area (Å²) in [6, 6.07) is 7.11. The van der Waals surface area contributed by atoms with Crippen LogP contribution >= 0.6 is 0 Å². The lowest BCUT2D eigenvalue weighted by Gasteiger charge is -2.25. The Morgan fingerprint density at radius 2 is 0.521 bits per heavy atom. The summed E-state index contributed by atoms with van der Waals surface area (Å²) < 4.78 is 0. The quantitative estimate of drug-likeness (QED) is 0.0938. The van der Waals surface area contributed by atoms with Gasteiger partial charge in [-0.25, -0.2) is 0 Å². The van der Waals surface area contributed by atoms with Gasteiger partial charge in [-0.3, -0.25) is 0 Å². The van der Waals surface area contributed by atoms with Gasteiger partial charge in [0.2, 0.25) is 0 Å². The van der Waals surface area contributed by atoms with Crippen LogP contribution in [0.4, 0.5) is 0 Å². The van der Waals surface area contributed by atoms with E-state index in [9.17, 15) is 40.9 Å². The van der Waals surface area contributed by atoms with Gasteiger partial charge >= 0.3 is 0 Å². The van der Waals surface area contributed by atoms with Crippen LogP contribution in [-0.4, -0.2) is 40.9 Å². The number of hydrogen-bond acceptors (Lipinski definition) is 8. The summed E-state index contributed by atoms with van der Waals surface area (Å²) in [7, 11) is 0. The third-order valence-corrected chi connectivity index (χ3v) is 10.7. The van der Waals surface area contributed by atoms with Gasteiger partial charge in [0.25, 0.3) is 0 Å². The molecule has 4 unspecified atom stereocenters. The molecule has 0 heterocycles. The van der Waals surface area contributed by atoms with Gasteiger partial charge in [-0.15, -0.1) is 0 Å². The SMILES string of the molecule is Cc1c(O)c2cc(c1O)CC(C)c1cc(c(O)c(C)c1O)C(C)Cc1cc(c(O)c(C)c1O)CC(C)c1cc(c(O)c(C)c1O)C(C)C2. The second-order valence-electron chi connectivity index (χ2n) is 14.2. The molecule has 4 atom stereocenters. The second-order valence-corrected chi connectivity index (χ2v) is 14.2. The van der Waals surface area contributed by atoms with E-state index in [4.69, 9.17) is 0 Å². The maximum atomic E-state index is 11.2. The second kappa shape index (κ2) is 12.7. The number of benzene rings is 4. The van der Waals surface area contributed by atoms with E-state index >= 15 is 0 Å². The van der Waals surface area contributed by atoms with E-state index in [0.717, 1.165) is 0 Å². The average Bonchev–Trinajstić information content (AvgIpc) is 3.04. The average molecular weight is 657 g/mol. The smallest absolute Gasteiger partial charge is 0.125 e. The van der Waals surface area contributed by atoms with Gasteiger partial charge in [-0.05, 0) is 146 Å². The largest absolute Gasteiger partial charge is 0.507 e. The molecular weight excluding hydrogens is 608 g/mol. The van der Waals surface area contributed by atoms with Crippen molar-refractivity contribution in [2.45, 2.75) is 105 Å². The molecule has 1 aliphatic rings. The van der Waals surface area contributed by atoms with Crippen LogP contribution in [0.2, 0.25) is 0 Å². The monoisotopic (exact) mass is 656 g/mol.